The molecule has 0 aliphatic heterocycles. The molecule has 0 saturated heterocycles. The predicted octanol–water partition coefficient (Wildman–Crippen LogP) is 3.15. The van der Waals surface area contributed by atoms with Crippen LogP contribution in [0.3, 0.4) is 0 Å². The number of halogens is 1. The first-order valence-corrected chi connectivity index (χ1v) is 9.74. The number of aryl methyl sites for hydroxylation is 1. The summed E-state index contributed by atoms with van der Waals surface area (Å²) in [4.78, 5) is 39.0. The minimum absolute atomic E-state index is 0.243. The molecule has 1 atom stereocenters. The van der Waals surface area contributed by atoms with Crippen LogP contribution in [-0.4, -0.2) is 33.5 Å². The molecule has 0 saturated carbocycles. The molecule has 2 amide bonds. The number of amides is 2. The minimum atomic E-state index is -0.480. The Balaban J connectivity index is 1.77. The van der Waals surface area contributed by atoms with E-state index in [4.69, 9.17) is 4.52 Å². The van der Waals surface area contributed by atoms with Gasteiger partial charge in [0.05, 0.1) is 11.6 Å². The molecule has 0 aliphatic carbocycles. The Morgan fingerprint density at radius 3 is 2.55 bits per heavy atom. The topological polar surface area (TPSA) is 97.4 Å². The summed E-state index contributed by atoms with van der Waals surface area (Å²) >= 11 is 0. The van der Waals surface area contributed by atoms with Gasteiger partial charge in [0, 0.05) is 25.4 Å². The number of benzene rings is 1. The normalized spacial score (nSPS) is 11.7. The van der Waals surface area contributed by atoms with Crippen molar-refractivity contribution in [3.8, 4) is 0 Å². The molecule has 2 aromatic heterocycles. The number of hydrogen-bond acceptors (Lipinski definition) is 5. The van der Waals surface area contributed by atoms with Crippen molar-refractivity contribution in [3.63, 3.8) is 0 Å². The molecule has 1 aromatic carbocycles. The Morgan fingerprint density at radius 2 is 1.94 bits per heavy atom. The van der Waals surface area contributed by atoms with E-state index in [1.807, 2.05) is 6.92 Å². The van der Waals surface area contributed by atoms with E-state index < -0.39 is 11.5 Å². The SMILES string of the molecule is CC[C@H](c1ccc(F)cc1)N(C)C(=O)c1ccc(=O)n(CC(=O)Nc2cc(C)on2)c1. The number of rotatable bonds is 7. The van der Waals surface area contributed by atoms with Crippen LogP contribution in [0.4, 0.5) is 10.2 Å². The first-order valence-electron chi connectivity index (χ1n) is 9.74. The molecule has 31 heavy (non-hydrogen) atoms. The van der Waals surface area contributed by atoms with Gasteiger partial charge in [-0.1, -0.05) is 24.2 Å². The van der Waals surface area contributed by atoms with Crippen LogP contribution in [-0.2, 0) is 11.3 Å². The number of nitrogens with zero attached hydrogens (tertiary/aromatic N) is 3. The number of hydrogen-bond donors (Lipinski definition) is 1. The van der Waals surface area contributed by atoms with Gasteiger partial charge in [0.25, 0.3) is 11.5 Å². The highest BCUT2D eigenvalue weighted by molar-refractivity contribution is 5.94. The third-order valence-corrected chi connectivity index (χ3v) is 4.87. The number of aromatic nitrogens is 2. The van der Waals surface area contributed by atoms with Gasteiger partial charge in [-0.2, -0.15) is 0 Å². The lowest BCUT2D eigenvalue weighted by Crippen LogP contribution is -2.33. The highest BCUT2D eigenvalue weighted by atomic mass is 19.1. The maximum Gasteiger partial charge on any atom is 0.255 e. The van der Waals surface area contributed by atoms with Gasteiger partial charge in [0.15, 0.2) is 5.82 Å². The third kappa shape index (κ3) is 5.25. The van der Waals surface area contributed by atoms with Gasteiger partial charge in [-0.25, -0.2) is 4.39 Å². The second kappa shape index (κ2) is 9.38. The van der Waals surface area contributed by atoms with E-state index in [0.717, 1.165) is 10.1 Å². The van der Waals surface area contributed by atoms with Crippen molar-refractivity contribution in [3.05, 3.63) is 81.7 Å². The van der Waals surface area contributed by atoms with Crippen LogP contribution < -0.4 is 10.9 Å². The summed E-state index contributed by atoms with van der Waals surface area (Å²) in [5.74, 6) is -0.371. The largest absolute Gasteiger partial charge is 0.360 e. The molecule has 0 spiro atoms. The quantitative estimate of drug-likeness (QED) is 0.626. The number of nitrogens with one attached hydrogen (secondary N) is 1. The smallest absolute Gasteiger partial charge is 0.255 e. The first kappa shape index (κ1) is 21.9. The molecule has 0 unspecified atom stereocenters. The maximum atomic E-state index is 13.2. The summed E-state index contributed by atoms with van der Waals surface area (Å²) in [5.41, 5.74) is 0.638. The number of carbonyl (C=O) groups is 2. The number of pyridine rings is 1. The predicted molar refractivity (Wildman–Crippen MR) is 112 cm³/mol. The molecule has 162 valence electrons. The summed E-state index contributed by atoms with van der Waals surface area (Å²) in [6, 6.07) is 9.94. The Hall–Kier alpha value is -3.75. The average molecular weight is 426 g/mol. The van der Waals surface area contributed by atoms with Crippen molar-refractivity contribution >= 4 is 17.6 Å². The van der Waals surface area contributed by atoms with Crippen molar-refractivity contribution in [1.82, 2.24) is 14.6 Å². The molecule has 3 rings (SSSR count). The van der Waals surface area contributed by atoms with Crippen molar-refractivity contribution < 1.29 is 18.5 Å². The molecular weight excluding hydrogens is 403 g/mol. The maximum absolute atomic E-state index is 13.2. The highest BCUT2D eigenvalue weighted by Crippen LogP contribution is 2.24. The molecule has 0 radical (unpaired) electrons. The molecule has 0 aliphatic rings. The molecule has 2 heterocycles. The van der Waals surface area contributed by atoms with Gasteiger partial charge in [-0.05, 0) is 37.1 Å². The number of carbonyl (C=O) groups excluding carboxylic acids is 2. The molecule has 9 heteroatoms. The van der Waals surface area contributed by atoms with Gasteiger partial charge in [-0.15, -0.1) is 0 Å². The van der Waals surface area contributed by atoms with E-state index in [2.05, 4.69) is 10.5 Å². The van der Waals surface area contributed by atoms with Crippen LogP contribution in [0.1, 0.15) is 41.1 Å². The molecular formula is C22H23FN4O4. The van der Waals surface area contributed by atoms with Gasteiger partial charge in [0.1, 0.15) is 18.1 Å². The van der Waals surface area contributed by atoms with Crippen molar-refractivity contribution in [2.45, 2.75) is 32.9 Å². The van der Waals surface area contributed by atoms with E-state index in [-0.39, 0.29) is 35.7 Å². The lowest BCUT2D eigenvalue weighted by Gasteiger charge is -2.28. The van der Waals surface area contributed by atoms with Crippen molar-refractivity contribution in [2.75, 3.05) is 12.4 Å². The molecule has 0 bridgehead atoms. The third-order valence-electron chi connectivity index (χ3n) is 4.87. The Kier molecular flexibility index (Phi) is 6.64. The molecule has 1 N–H and O–H groups in total. The van der Waals surface area contributed by atoms with Gasteiger partial charge in [0.2, 0.25) is 5.91 Å². The van der Waals surface area contributed by atoms with E-state index in [1.165, 1.54) is 35.4 Å². The second-order valence-electron chi connectivity index (χ2n) is 7.15. The van der Waals surface area contributed by atoms with Crippen molar-refractivity contribution in [1.29, 1.82) is 0 Å². The lowest BCUT2D eigenvalue weighted by molar-refractivity contribution is -0.116. The number of anilines is 1. The summed E-state index contributed by atoms with van der Waals surface area (Å²) < 4.78 is 19.3. The van der Waals surface area contributed by atoms with E-state index in [9.17, 15) is 18.8 Å². The zero-order valence-corrected chi connectivity index (χ0v) is 17.5. The first-order chi connectivity index (χ1) is 14.8. The highest BCUT2D eigenvalue weighted by Gasteiger charge is 2.22. The zero-order valence-electron chi connectivity index (χ0n) is 17.5. The van der Waals surface area contributed by atoms with Gasteiger partial charge < -0.3 is 19.3 Å². The standard InChI is InChI=1S/C22H23FN4O4/c1-4-18(15-5-8-17(23)9-6-15)26(3)22(30)16-7-10-21(29)27(12-16)13-20(28)24-19-11-14(2)31-25-19/h5-12,18H,4,13H2,1-3H3,(H,24,25,28)/t18-/m1/s1. The molecule has 3 aromatic rings. The van der Waals surface area contributed by atoms with Crippen LogP contribution in [0.25, 0.3) is 0 Å². The molecule has 0 fully saturated rings. The summed E-state index contributed by atoms with van der Waals surface area (Å²) in [6.45, 7) is 3.33. The zero-order chi connectivity index (χ0) is 22.5. The monoisotopic (exact) mass is 426 g/mol. The Labute approximate surface area is 178 Å². The van der Waals surface area contributed by atoms with Gasteiger partial charge >= 0.3 is 0 Å². The second-order valence-corrected chi connectivity index (χ2v) is 7.15. The van der Waals surface area contributed by atoms with E-state index in [1.54, 1.807) is 32.2 Å². The van der Waals surface area contributed by atoms with Crippen LogP contribution >= 0.6 is 0 Å². The lowest BCUT2D eigenvalue weighted by atomic mass is 10.0. The fourth-order valence-electron chi connectivity index (χ4n) is 3.31. The van der Waals surface area contributed by atoms with E-state index in [0.29, 0.717) is 12.2 Å². The van der Waals surface area contributed by atoms with Crippen LogP contribution in [0.15, 0.2) is 58.0 Å². The Morgan fingerprint density at radius 1 is 1.23 bits per heavy atom. The fraction of sp³-hybridized carbons (Fsp3) is 0.273. The average Bonchev–Trinajstić information content (AvgIpc) is 3.15. The van der Waals surface area contributed by atoms with Crippen LogP contribution in [0.2, 0.25) is 0 Å². The summed E-state index contributed by atoms with van der Waals surface area (Å²) in [5, 5.41) is 6.21. The van der Waals surface area contributed by atoms with Gasteiger partial charge in [-0.3, -0.25) is 14.4 Å². The summed E-state index contributed by atoms with van der Waals surface area (Å²) in [6.07, 6.45) is 1.97. The van der Waals surface area contributed by atoms with E-state index >= 15 is 0 Å². The minimum Gasteiger partial charge on any atom is -0.360 e. The van der Waals surface area contributed by atoms with Crippen molar-refractivity contribution in [2.24, 2.45) is 0 Å². The fourth-order valence-corrected chi connectivity index (χ4v) is 3.31. The van der Waals surface area contributed by atoms with Crippen LogP contribution in [0.5, 0.6) is 0 Å². The summed E-state index contributed by atoms with van der Waals surface area (Å²) in [7, 11) is 1.65. The van der Waals surface area contributed by atoms with Crippen LogP contribution in [0, 0.1) is 12.7 Å². The Bertz CT molecular complexity index is 1140. The molecule has 8 nitrogen and oxygen atoms in total.